The first-order valence-corrected chi connectivity index (χ1v) is 10.8. The Morgan fingerprint density at radius 2 is 1.61 bits per heavy atom. The van der Waals surface area contributed by atoms with Crippen LogP contribution in [0, 0.1) is 0 Å². The van der Waals surface area contributed by atoms with Gasteiger partial charge in [-0.25, -0.2) is 4.79 Å². The summed E-state index contributed by atoms with van der Waals surface area (Å²) in [5.74, 6) is 0.271. The highest BCUT2D eigenvalue weighted by molar-refractivity contribution is 7.99. The molecular formula is C24H23N3O3S. The number of para-hydroxylation sites is 1. The number of amides is 1. The Morgan fingerprint density at radius 1 is 0.968 bits per heavy atom. The molecule has 4 aromatic rings. The summed E-state index contributed by atoms with van der Waals surface area (Å²) in [4.78, 5) is 27.5. The number of hydrogen-bond donors (Lipinski definition) is 1. The maximum atomic E-state index is 13.1. The summed E-state index contributed by atoms with van der Waals surface area (Å²) >= 11 is 1.53. The largest absolute Gasteiger partial charge is 0.493 e. The number of aromatic nitrogens is 2. The Labute approximate surface area is 184 Å². The van der Waals surface area contributed by atoms with E-state index >= 15 is 0 Å². The van der Waals surface area contributed by atoms with Gasteiger partial charge in [0.15, 0.2) is 0 Å². The number of hydrogen-bond acceptors (Lipinski definition) is 4. The fourth-order valence-electron chi connectivity index (χ4n) is 3.45. The highest BCUT2D eigenvalue weighted by atomic mass is 32.2. The van der Waals surface area contributed by atoms with Crippen LogP contribution in [0.5, 0.6) is 5.75 Å². The first-order chi connectivity index (χ1) is 15.0. The van der Waals surface area contributed by atoms with Gasteiger partial charge in [-0.15, -0.1) is 0 Å². The Morgan fingerprint density at radius 3 is 2.32 bits per heavy atom. The van der Waals surface area contributed by atoms with E-state index in [1.54, 1.807) is 41.4 Å². The number of ether oxygens (including phenoxy) is 1. The molecule has 0 radical (unpaired) electrons. The average molecular weight is 434 g/mol. The van der Waals surface area contributed by atoms with Crippen LogP contribution in [-0.4, -0.2) is 21.6 Å². The lowest BCUT2D eigenvalue weighted by Gasteiger charge is -2.14. The molecule has 1 N–H and O–H groups in total. The van der Waals surface area contributed by atoms with Crippen molar-refractivity contribution in [2.24, 2.45) is 14.1 Å². The van der Waals surface area contributed by atoms with Gasteiger partial charge in [0.1, 0.15) is 5.75 Å². The normalized spacial score (nSPS) is 10.9. The molecule has 0 unspecified atom stereocenters. The third-order valence-corrected chi connectivity index (χ3v) is 6.09. The Kier molecular flexibility index (Phi) is 5.86. The molecule has 1 aromatic heterocycles. The lowest BCUT2D eigenvalue weighted by Crippen LogP contribution is -2.19. The van der Waals surface area contributed by atoms with Gasteiger partial charge in [0, 0.05) is 23.9 Å². The van der Waals surface area contributed by atoms with Crippen LogP contribution in [0.4, 0.5) is 5.69 Å². The first kappa shape index (κ1) is 20.8. The number of carbonyl (C=O) groups excluding carboxylic acids is 1. The van der Waals surface area contributed by atoms with Crippen LogP contribution in [0.25, 0.3) is 11.0 Å². The fraction of sp³-hybridized carbons (Fsp3) is 0.167. The minimum Gasteiger partial charge on any atom is -0.493 e. The second-order valence-corrected chi connectivity index (χ2v) is 8.15. The van der Waals surface area contributed by atoms with Crippen molar-refractivity contribution in [3.05, 3.63) is 82.8 Å². The summed E-state index contributed by atoms with van der Waals surface area (Å²) in [5, 5.41) is 3.03. The summed E-state index contributed by atoms with van der Waals surface area (Å²) in [6.45, 7) is 2.35. The topological polar surface area (TPSA) is 65.3 Å². The van der Waals surface area contributed by atoms with E-state index in [0.717, 1.165) is 20.8 Å². The van der Waals surface area contributed by atoms with E-state index in [2.05, 4.69) is 5.32 Å². The smallest absolute Gasteiger partial charge is 0.328 e. The van der Waals surface area contributed by atoms with Crippen molar-refractivity contribution in [1.29, 1.82) is 0 Å². The zero-order valence-corrected chi connectivity index (χ0v) is 18.4. The fourth-order valence-corrected chi connectivity index (χ4v) is 4.39. The first-order valence-electron chi connectivity index (χ1n) is 9.95. The molecule has 158 valence electrons. The van der Waals surface area contributed by atoms with Crippen LogP contribution in [0.15, 0.2) is 81.3 Å². The van der Waals surface area contributed by atoms with Crippen LogP contribution in [0.2, 0.25) is 0 Å². The third kappa shape index (κ3) is 4.09. The molecule has 1 heterocycles. The predicted octanol–water partition coefficient (Wildman–Crippen LogP) is 4.68. The zero-order valence-electron chi connectivity index (χ0n) is 17.6. The van der Waals surface area contributed by atoms with Gasteiger partial charge in [-0.2, -0.15) is 0 Å². The zero-order chi connectivity index (χ0) is 22.0. The molecule has 6 nitrogen and oxygen atoms in total. The Balaban J connectivity index is 1.80. The van der Waals surface area contributed by atoms with Gasteiger partial charge in [-0.3, -0.25) is 13.9 Å². The van der Waals surface area contributed by atoms with Crippen molar-refractivity contribution in [1.82, 2.24) is 9.13 Å². The van der Waals surface area contributed by atoms with E-state index in [1.165, 1.54) is 11.8 Å². The number of benzene rings is 3. The Bertz CT molecular complexity index is 1310. The van der Waals surface area contributed by atoms with Crippen LogP contribution in [0.1, 0.15) is 17.3 Å². The second kappa shape index (κ2) is 8.73. The number of anilines is 1. The monoisotopic (exact) mass is 433 g/mol. The molecule has 0 aliphatic rings. The van der Waals surface area contributed by atoms with Gasteiger partial charge in [0.05, 0.1) is 28.9 Å². The standard InChI is InChI=1S/C24H23N3O3S/c1-4-30-21-13-9-8-12-17(21)23(28)25-18-14-19-20(27(3)24(29)26(19)2)15-22(18)31-16-10-6-5-7-11-16/h5-15H,4H2,1-3H3,(H,25,28). The summed E-state index contributed by atoms with van der Waals surface area (Å²) in [7, 11) is 3.48. The highest BCUT2D eigenvalue weighted by Gasteiger charge is 2.18. The van der Waals surface area contributed by atoms with Gasteiger partial charge in [0.2, 0.25) is 0 Å². The van der Waals surface area contributed by atoms with Crippen molar-refractivity contribution in [2.75, 3.05) is 11.9 Å². The molecule has 0 saturated heterocycles. The lowest BCUT2D eigenvalue weighted by atomic mass is 10.1. The number of fused-ring (bicyclic) bond motifs is 1. The summed E-state index contributed by atoms with van der Waals surface area (Å²) < 4.78 is 8.81. The van der Waals surface area contributed by atoms with Gasteiger partial charge < -0.3 is 10.1 Å². The number of aryl methyl sites for hydroxylation is 2. The second-order valence-electron chi connectivity index (χ2n) is 7.04. The maximum Gasteiger partial charge on any atom is 0.328 e. The molecule has 0 atom stereocenters. The molecule has 7 heteroatoms. The molecule has 0 saturated carbocycles. The van der Waals surface area contributed by atoms with Crippen LogP contribution in [0.3, 0.4) is 0 Å². The number of nitrogens with one attached hydrogen (secondary N) is 1. The number of nitrogens with zero attached hydrogens (tertiary/aromatic N) is 2. The number of imidazole rings is 1. The molecule has 3 aromatic carbocycles. The minimum atomic E-state index is -0.265. The molecule has 4 rings (SSSR count). The predicted molar refractivity (Wildman–Crippen MR) is 124 cm³/mol. The molecule has 31 heavy (non-hydrogen) atoms. The maximum absolute atomic E-state index is 13.1. The summed E-state index contributed by atoms with van der Waals surface area (Å²) in [6, 6.07) is 20.9. The van der Waals surface area contributed by atoms with E-state index in [1.807, 2.05) is 55.5 Å². The molecule has 0 bridgehead atoms. The van der Waals surface area contributed by atoms with Crippen molar-refractivity contribution < 1.29 is 9.53 Å². The van der Waals surface area contributed by atoms with Crippen molar-refractivity contribution in [3.8, 4) is 5.75 Å². The van der Waals surface area contributed by atoms with Crippen molar-refractivity contribution in [2.45, 2.75) is 16.7 Å². The average Bonchev–Trinajstić information content (AvgIpc) is 2.99. The quantitative estimate of drug-likeness (QED) is 0.480. The van der Waals surface area contributed by atoms with Crippen molar-refractivity contribution >= 4 is 34.4 Å². The van der Waals surface area contributed by atoms with Gasteiger partial charge in [-0.05, 0) is 43.3 Å². The lowest BCUT2D eigenvalue weighted by molar-refractivity contribution is 0.102. The molecule has 1 amide bonds. The molecular weight excluding hydrogens is 410 g/mol. The molecule has 0 spiro atoms. The van der Waals surface area contributed by atoms with Crippen LogP contribution < -0.4 is 15.7 Å². The summed E-state index contributed by atoms with van der Waals surface area (Å²) in [6.07, 6.45) is 0. The Hall–Kier alpha value is -3.45. The highest BCUT2D eigenvalue weighted by Crippen LogP contribution is 2.36. The van der Waals surface area contributed by atoms with Crippen LogP contribution >= 0.6 is 11.8 Å². The van der Waals surface area contributed by atoms with Gasteiger partial charge in [-0.1, -0.05) is 42.1 Å². The third-order valence-electron chi connectivity index (χ3n) is 5.02. The van der Waals surface area contributed by atoms with Crippen LogP contribution in [-0.2, 0) is 14.1 Å². The van der Waals surface area contributed by atoms with E-state index in [0.29, 0.717) is 23.6 Å². The van der Waals surface area contributed by atoms with Crippen molar-refractivity contribution in [3.63, 3.8) is 0 Å². The summed E-state index contributed by atoms with van der Waals surface area (Å²) in [5.41, 5.74) is 2.54. The van der Waals surface area contributed by atoms with Gasteiger partial charge in [0.25, 0.3) is 5.91 Å². The number of carbonyl (C=O) groups is 1. The SMILES string of the molecule is CCOc1ccccc1C(=O)Nc1cc2c(cc1Sc1ccccc1)n(C)c(=O)n2C. The van der Waals surface area contributed by atoms with Gasteiger partial charge >= 0.3 is 5.69 Å². The van der Waals surface area contributed by atoms with E-state index in [4.69, 9.17) is 4.74 Å². The molecule has 0 fully saturated rings. The minimum absolute atomic E-state index is 0.115. The van der Waals surface area contributed by atoms with E-state index in [-0.39, 0.29) is 11.6 Å². The number of rotatable bonds is 6. The van der Waals surface area contributed by atoms with E-state index in [9.17, 15) is 9.59 Å². The molecule has 0 aliphatic carbocycles. The van der Waals surface area contributed by atoms with E-state index < -0.39 is 0 Å². The molecule has 0 aliphatic heterocycles.